The Kier molecular flexibility index (Phi) is 7.48. The fourth-order valence-corrected chi connectivity index (χ4v) is 5.15. The topological polar surface area (TPSA) is 61.9 Å². The number of nitrogens with one attached hydrogen (secondary N) is 1. The Morgan fingerprint density at radius 3 is 2.46 bits per heavy atom. The van der Waals surface area contributed by atoms with Crippen molar-refractivity contribution in [3.8, 4) is 5.75 Å². The number of hydrogen-bond donors (Lipinski definition) is 1. The zero-order valence-electron chi connectivity index (χ0n) is 16.5. The maximum absolute atomic E-state index is 12.6. The monoisotopic (exact) mass is 423 g/mol. The van der Waals surface area contributed by atoms with Gasteiger partial charge in [0, 0.05) is 38.8 Å². The summed E-state index contributed by atoms with van der Waals surface area (Å²) < 4.78 is 33.1. The highest BCUT2D eigenvalue weighted by Crippen LogP contribution is 2.24. The van der Waals surface area contributed by atoms with E-state index in [9.17, 15) is 8.42 Å². The third kappa shape index (κ3) is 6.02. The number of methoxy groups -OCH3 is 1. The molecule has 1 aliphatic rings. The third-order valence-electron chi connectivity index (χ3n) is 5.22. The lowest BCUT2D eigenvalue weighted by molar-refractivity contribution is 0.113. The van der Waals surface area contributed by atoms with Gasteiger partial charge in [0.05, 0.1) is 12.9 Å². The molecule has 1 atom stereocenters. The van der Waals surface area contributed by atoms with E-state index in [1.807, 2.05) is 24.3 Å². The number of benzene rings is 1. The highest BCUT2D eigenvalue weighted by molar-refractivity contribution is 7.89. The number of ether oxygens (including phenoxy) is 1. The minimum absolute atomic E-state index is 0.0794. The van der Waals surface area contributed by atoms with Crippen LogP contribution in [0.4, 0.5) is 0 Å². The summed E-state index contributed by atoms with van der Waals surface area (Å²) in [5, 5.41) is 4.17. The molecule has 0 radical (unpaired) electrons. The van der Waals surface area contributed by atoms with Crippen LogP contribution >= 0.6 is 11.3 Å². The molecule has 154 valence electrons. The van der Waals surface area contributed by atoms with Crippen LogP contribution in [0.25, 0.3) is 0 Å². The average Bonchev–Trinajstić information content (AvgIpc) is 3.23. The van der Waals surface area contributed by atoms with Crippen molar-refractivity contribution in [3.63, 3.8) is 0 Å². The summed E-state index contributed by atoms with van der Waals surface area (Å²) in [6.45, 7) is 4.32. The molecule has 1 aliphatic heterocycles. The first kappa shape index (κ1) is 21.3. The van der Waals surface area contributed by atoms with E-state index in [4.69, 9.17) is 4.74 Å². The molecule has 2 heterocycles. The Balaban J connectivity index is 1.58. The van der Waals surface area contributed by atoms with Crippen molar-refractivity contribution in [2.45, 2.75) is 12.5 Å². The first-order chi connectivity index (χ1) is 13.5. The molecule has 1 aromatic heterocycles. The minimum atomic E-state index is -3.35. The number of piperazine rings is 1. The van der Waals surface area contributed by atoms with Crippen LogP contribution in [0, 0.1) is 0 Å². The van der Waals surface area contributed by atoms with Gasteiger partial charge in [-0.3, -0.25) is 4.90 Å². The summed E-state index contributed by atoms with van der Waals surface area (Å²) in [5.74, 6) is 0.855. The zero-order valence-corrected chi connectivity index (χ0v) is 18.1. The van der Waals surface area contributed by atoms with E-state index in [0.717, 1.165) is 37.5 Å². The maximum Gasteiger partial charge on any atom is 0.211 e. The van der Waals surface area contributed by atoms with Crippen LogP contribution in [0.3, 0.4) is 0 Å². The van der Waals surface area contributed by atoms with Crippen molar-refractivity contribution in [3.05, 3.63) is 52.2 Å². The van der Waals surface area contributed by atoms with Crippen LogP contribution in [0.15, 0.2) is 41.1 Å². The van der Waals surface area contributed by atoms with E-state index in [0.29, 0.717) is 13.0 Å². The first-order valence-corrected chi connectivity index (χ1v) is 12.1. The van der Waals surface area contributed by atoms with Gasteiger partial charge in [-0.15, -0.1) is 0 Å². The lowest BCUT2D eigenvalue weighted by Gasteiger charge is -2.37. The smallest absolute Gasteiger partial charge is 0.211 e. The van der Waals surface area contributed by atoms with Gasteiger partial charge in [0.15, 0.2) is 0 Å². The van der Waals surface area contributed by atoms with Gasteiger partial charge in [0.25, 0.3) is 0 Å². The van der Waals surface area contributed by atoms with Crippen LogP contribution in [-0.4, -0.2) is 70.9 Å². The lowest BCUT2D eigenvalue weighted by Crippen LogP contribution is -2.48. The largest absolute Gasteiger partial charge is 0.497 e. The summed E-state index contributed by atoms with van der Waals surface area (Å²) >= 11 is 1.65. The van der Waals surface area contributed by atoms with Gasteiger partial charge in [-0.2, -0.15) is 11.3 Å². The molecule has 1 saturated heterocycles. The minimum Gasteiger partial charge on any atom is -0.497 e. The van der Waals surface area contributed by atoms with Gasteiger partial charge in [0.1, 0.15) is 5.75 Å². The molecule has 1 unspecified atom stereocenters. The van der Waals surface area contributed by atoms with Crippen LogP contribution in [-0.2, 0) is 16.4 Å². The van der Waals surface area contributed by atoms with E-state index < -0.39 is 10.0 Å². The zero-order chi connectivity index (χ0) is 20.0. The van der Waals surface area contributed by atoms with E-state index in [1.54, 1.807) is 18.4 Å². The van der Waals surface area contributed by atoms with Crippen molar-refractivity contribution in [1.29, 1.82) is 0 Å². The van der Waals surface area contributed by atoms with Crippen LogP contribution < -0.4 is 9.46 Å². The molecular formula is C20H29N3O3S2. The highest BCUT2D eigenvalue weighted by Gasteiger charge is 2.25. The number of thiophene rings is 1. The van der Waals surface area contributed by atoms with E-state index >= 15 is 0 Å². The lowest BCUT2D eigenvalue weighted by atomic mass is 10.1. The molecular weight excluding hydrogens is 394 g/mol. The van der Waals surface area contributed by atoms with Crippen LogP contribution in [0.1, 0.15) is 17.2 Å². The fourth-order valence-electron chi connectivity index (χ4n) is 3.38. The second-order valence-electron chi connectivity index (χ2n) is 7.18. The molecule has 8 heteroatoms. The normalized spacial score (nSPS) is 17.5. The first-order valence-electron chi connectivity index (χ1n) is 9.52. The average molecular weight is 424 g/mol. The summed E-state index contributed by atoms with van der Waals surface area (Å²) in [4.78, 5) is 4.69. The number of likely N-dealkylation sites (N-methyl/N-ethyl adjacent to an activating group) is 1. The molecule has 0 aliphatic carbocycles. The standard InChI is InChI=1S/C20H29N3O3S2/c1-22-9-11-23(12-10-22)20(18-7-13-27-16-18)15-21-28(24,25)14-8-17-3-5-19(26-2)6-4-17/h3-7,13,16,20-21H,8-12,14-15H2,1-2H3. The summed E-state index contributed by atoms with van der Waals surface area (Å²) in [7, 11) is 0.397. The number of rotatable bonds is 9. The molecule has 1 N–H and O–H groups in total. The van der Waals surface area contributed by atoms with E-state index in [2.05, 4.69) is 38.4 Å². The van der Waals surface area contributed by atoms with Crippen molar-refractivity contribution < 1.29 is 13.2 Å². The summed E-state index contributed by atoms with van der Waals surface area (Å²) in [5.41, 5.74) is 2.17. The number of sulfonamides is 1. The van der Waals surface area contributed by atoms with Crippen molar-refractivity contribution in [2.24, 2.45) is 0 Å². The number of hydrogen-bond acceptors (Lipinski definition) is 6. The highest BCUT2D eigenvalue weighted by atomic mass is 32.2. The van der Waals surface area contributed by atoms with E-state index in [1.165, 1.54) is 5.56 Å². The molecule has 6 nitrogen and oxygen atoms in total. The molecule has 28 heavy (non-hydrogen) atoms. The molecule has 0 spiro atoms. The SMILES string of the molecule is COc1ccc(CCS(=O)(=O)NCC(c2ccsc2)N2CCN(C)CC2)cc1. The van der Waals surface area contributed by atoms with Gasteiger partial charge in [0.2, 0.25) is 10.0 Å². The van der Waals surface area contributed by atoms with Gasteiger partial charge in [-0.1, -0.05) is 12.1 Å². The second kappa shape index (κ2) is 9.84. The number of aryl methyl sites for hydroxylation is 1. The van der Waals surface area contributed by atoms with Crippen LogP contribution in [0.2, 0.25) is 0 Å². The van der Waals surface area contributed by atoms with Gasteiger partial charge >= 0.3 is 0 Å². The molecule has 1 aromatic carbocycles. The maximum atomic E-state index is 12.6. The van der Waals surface area contributed by atoms with Crippen molar-refractivity contribution >= 4 is 21.4 Å². The van der Waals surface area contributed by atoms with Crippen molar-refractivity contribution in [1.82, 2.24) is 14.5 Å². The van der Waals surface area contributed by atoms with Gasteiger partial charge in [-0.25, -0.2) is 13.1 Å². The number of nitrogens with zero attached hydrogens (tertiary/aromatic N) is 2. The molecule has 0 amide bonds. The van der Waals surface area contributed by atoms with E-state index in [-0.39, 0.29) is 11.8 Å². The Hall–Kier alpha value is -1.45. The molecule has 1 fully saturated rings. The Labute approximate surface area is 172 Å². The Morgan fingerprint density at radius 2 is 1.86 bits per heavy atom. The Morgan fingerprint density at radius 1 is 1.14 bits per heavy atom. The molecule has 3 rings (SSSR count). The van der Waals surface area contributed by atoms with Gasteiger partial charge in [-0.05, 0) is 53.6 Å². The predicted molar refractivity (Wildman–Crippen MR) is 115 cm³/mol. The fraction of sp³-hybridized carbons (Fsp3) is 0.500. The molecule has 2 aromatic rings. The predicted octanol–water partition coefficient (Wildman–Crippen LogP) is 2.21. The Bertz CT molecular complexity index is 815. The van der Waals surface area contributed by atoms with Crippen molar-refractivity contribution in [2.75, 3.05) is 52.6 Å². The molecule has 0 saturated carbocycles. The molecule has 0 bridgehead atoms. The van der Waals surface area contributed by atoms with Gasteiger partial charge < -0.3 is 9.64 Å². The third-order valence-corrected chi connectivity index (χ3v) is 7.27. The second-order valence-corrected chi connectivity index (χ2v) is 9.88. The summed E-state index contributed by atoms with van der Waals surface area (Å²) in [6.07, 6.45) is 0.483. The summed E-state index contributed by atoms with van der Waals surface area (Å²) in [6, 6.07) is 9.71. The quantitative estimate of drug-likeness (QED) is 0.670. The van der Waals surface area contributed by atoms with Crippen LogP contribution in [0.5, 0.6) is 5.75 Å².